The van der Waals surface area contributed by atoms with E-state index in [1.54, 1.807) is 66.7 Å². The number of hydrogen-bond acceptors (Lipinski definition) is 4. The van der Waals surface area contributed by atoms with Gasteiger partial charge in [0, 0.05) is 32.7 Å². The molecule has 0 amide bonds. The molecule has 11 aromatic rings. The Morgan fingerprint density at radius 3 is 1.53 bits per heavy atom. The molecular weight excluding hydrogens is 902 g/mol. The molecule has 0 N–H and O–H groups in total. The number of nitriles is 4. The molecule has 0 aliphatic rings. The third-order valence-electron chi connectivity index (χ3n) is 13.1. The Labute approximate surface area is 409 Å². The van der Waals surface area contributed by atoms with Crippen LogP contribution in [0.25, 0.3) is 109 Å². The Hall–Kier alpha value is -10.7. The van der Waals surface area contributed by atoms with E-state index in [2.05, 4.69) is 32.5 Å². The highest BCUT2D eigenvalue weighted by molar-refractivity contribution is 6.13. The van der Waals surface area contributed by atoms with Gasteiger partial charge in [-0.25, -0.2) is 9.69 Å². The first-order valence-corrected chi connectivity index (χ1v) is 22.3. The first kappa shape index (κ1) is 43.9. The van der Waals surface area contributed by atoms with Gasteiger partial charge in [0.15, 0.2) is 11.4 Å². The Morgan fingerprint density at radius 2 is 0.917 bits per heavy atom. The van der Waals surface area contributed by atoms with Gasteiger partial charge in [0.05, 0.1) is 98.7 Å². The number of hydrogen-bond donors (Lipinski definition) is 0. The van der Waals surface area contributed by atoms with Crippen LogP contribution in [0.4, 0.5) is 24.5 Å². The average Bonchev–Trinajstić information content (AvgIpc) is 3.93. The fourth-order valence-corrected chi connectivity index (χ4v) is 9.91. The summed E-state index contributed by atoms with van der Waals surface area (Å²) in [4.78, 5) is 7.26. The van der Waals surface area contributed by atoms with E-state index in [0.717, 1.165) is 55.3 Å². The fourth-order valence-electron chi connectivity index (χ4n) is 9.91. The predicted octanol–water partition coefficient (Wildman–Crippen LogP) is 16.2. The van der Waals surface area contributed by atoms with E-state index in [4.69, 9.17) is 13.1 Å². The molecule has 0 aliphatic heterocycles. The fraction of sp³-hybridized carbons (Fsp3) is 0.0164. The topological polar surface area (TPSA) is 114 Å². The summed E-state index contributed by atoms with van der Waals surface area (Å²) >= 11 is 0. The highest BCUT2D eigenvalue weighted by Crippen LogP contribution is 2.46. The maximum Gasteiger partial charge on any atom is 0.417 e. The summed E-state index contributed by atoms with van der Waals surface area (Å²) in [6, 6.07) is 59.8. The van der Waals surface area contributed by atoms with Gasteiger partial charge in [0.25, 0.3) is 0 Å². The molecular formula is C61H29F3N8. The van der Waals surface area contributed by atoms with E-state index in [9.17, 15) is 34.2 Å². The molecule has 0 aliphatic carbocycles. The van der Waals surface area contributed by atoms with Crippen molar-refractivity contribution in [2.24, 2.45) is 0 Å². The molecule has 11 heteroatoms. The lowest BCUT2D eigenvalue weighted by atomic mass is 9.92. The lowest BCUT2D eigenvalue weighted by Gasteiger charge is -2.21. The van der Waals surface area contributed by atoms with E-state index in [1.165, 1.54) is 12.1 Å². The predicted molar refractivity (Wildman–Crippen MR) is 273 cm³/mol. The van der Waals surface area contributed by atoms with Crippen LogP contribution >= 0.6 is 0 Å². The SMILES string of the molecule is [C-]#[N+]c1ccc(-c2ccc3c(c2)c2ccccc2n3-c2ccc(C#N)cc2-c2ccc(-c3ccc(C#N)cc3C(F)(F)F)cc2-n2c3ccccc3c3cc(-c4ccc(C#N)cc4C#N)ccc32)c([N+]#[C-])c1. The molecule has 0 fully saturated rings. The highest BCUT2D eigenvalue weighted by atomic mass is 19.4. The molecule has 0 unspecified atom stereocenters. The van der Waals surface area contributed by atoms with Gasteiger partial charge < -0.3 is 9.13 Å². The summed E-state index contributed by atoms with van der Waals surface area (Å²) < 4.78 is 49.1. The van der Waals surface area contributed by atoms with Crippen molar-refractivity contribution in [1.29, 1.82) is 21.0 Å². The first-order valence-electron chi connectivity index (χ1n) is 22.3. The van der Waals surface area contributed by atoms with Gasteiger partial charge in [-0.3, -0.25) is 0 Å². The van der Waals surface area contributed by atoms with Gasteiger partial charge in [-0.2, -0.15) is 34.2 Å². The minimum absolute atomic E-state index is 0.128. The summed E-state index contributed by atoms with van der Waals surface area (Å²) in [5.41, 5.74) is 8.95. The van der Waals surface area contributed by atoms with Crippen LogP contribution in [0, 0.1) is 58.5 Å². The lowest BCUT2D eigenvalue weighted by Crippen LogP contribution is -2.08. The van der Waals surface area contributed by atoms with E-state index in [1.807, 2.05) is 102 Å². The second-order valence-electron chi connectivity index (χ2n) is 17.0. The van der Waals surface area contributed by atoms with E-state index < -0.39 is 11.7 Å². The van der Waals surface area contributed by atoms with Crippen LogP contribution in [0.3, 0.4) is 0 Å². The number of aromatic nitrogens is 2. The smallest absolute Gasteiger partial charge is 0.309 e. The molecule has 0 spiro atoms. The van der Waals surface area contributed by atoms with E-state index in [0.29, 0.717) is 67.2 Å². The monoisotopic (exact) mass is 930 g/mol. The van der Waals surface area contributed by atoms with Crippen LogP contribution in [-0.2, 0) is 6.18 Å². The molecule has 0 radical (unpaired) electrons. The number of nitrogens with zero attached hydrogens (tertiary/aromatic N) is 8. The van der Waals surface area contributed by atoms with Crippen LogP contribution in [0.1, 0.15) is 27.8 Å². The first-order chi connectivity index (χ1) is 35.0. The zero-order valence-corrected chi connectivity index (χ0v) is 37.5. The Morgan fingerprint density at radius 1 is 0.403 bits per heavy atom. The van der Waals surface area contributed by atoms with Gasteiger partial charge in [-0.15, -0.1) is 0 Å². The number of rotatable bonds is 6. The summed E-state index contributed by atoms with van der Waals surface area (Å²) in [5, 5.41) is 43.3. The molecule has 8 nitrogen and oxygen atoms in total. The summed E-state index contributed by atoms with van der Waals surface area (Å²) in [7, 11) is 0. The molecule has 2 aromatic heterocycles. The van der Waals surface area contributed by atoms with Crippen molar-refractivity contribution in [3.63, 3.8) is 0 Å². The van der Waals surface area contributed by atoms with Gasteiger partial charge in [-0.05, 0) is 118 Å². The highest BCUT2D eigenvalue weighted by Gasteiger charge is 2.34. The molecule has 2 heterocycles. The second kappa shape index (κ2) is 17.1. The molecule has 0 bridgehead atoms. The van der Waals surface area contributed by atoms with Crippen molar-refractivity contribution in [3.05, 3.63) is 227 Å². The third-order valence-corrected chi connectivity index (χ3v) is 13.1. The maximum absolute atomic E-state index is 15.0. The molecule has 0 saturated heterocycles. The molecule has 334 valence electrons. The molecule has 72 heavy (non-hydrogen) atoms. The lowest BCUT2D eigenvalue weighted by molar-refractivity contribution is -0.137. The van der Waals surface area contributed by atoms with E-state index >= 15 is 0 Å². The number of alkyl halides is 3. The van der Waals surface area contributed by atoms with E-state index in [-0.39, 0.29) is 16.7 Å². The zero-order valence-electron chi connectivity index (χ0n) is 37.5. The van der Waals surface area contributed by atoms with Crippen molar-refractivity contribution in [3.8, 4) is 80.2 Å². The Balaban J connectivity index is 1.21. The van der Waals surface area contributed by atoms with Gasteiger partial charge in [-0.1, -0.05) is 91.0 Å². The van der Waals surface area contributed by atoms with Crippen molar-refractivity contribution in [2.75, 3.05) is 0 Å². The van der Waals surface area contributed by atoms with Crippen molar-refractivity contribution in [1.82, 2.24) is 9.13 Å². The number of benzene rings is 9. The quantitative estimate of drug-likeness (QED) is 0.154. The van der Waals surface area contributed by atoms with Crippen LogP contribution in [0.15, 0.2) is 176 Å². The van der Waals surface area contributed by atoms with Crippen LogP contribution in [0.2, 0.25) is 0 Å². The molecule has 0 atom stereocenters. The van der Waals surface area contributed by atoms with Gasteiger partial charge in [0.1, 0.15) is 0 Å². The summed E-state index contributed by atoms with van der Waals surface area (Å²) in [6.45, 7) is 15.4. The molecule has 11 rings (SSSR count). The third kappa shape index (κ3) is 7.12. The normalized spacial score (nSPS) is 11.2. The summed E-state index contributed by atoms with van der Waals surface area (Å²) in [5.74, 6) is 0. The standard InChI is InChI=1S/C61H29F3N8/c1-69-43-17-21-46(54(31-43)70-2)40-16-24-58-52(29-40)47-7-3-5-9-55(47)71(58)57-22-13-37(33-66)26-50(57)49-20-14-41(45-19-12-38(34-67)27-53(45)61(62,63)64)30-60(49)72-56-10-6-4-8-48(56)51-28-39(15-23-59(51)72)44-18-11-36(32-65)25-42(44)35-68/h3-31H. The minimum Gasteiger partial charge on any atom is -0.309 e. The molecule has 9 aromatic carbocycles. The van der Waals surface area contributed by atoms with Crippen LogP contribution in [0.5, 0.6) is 0 Å². The van der Waals surface area contributed by atoms with Crippen LogP contribution in [-0.4, -0.2) is 9.13 Å². The second-order valence-corrected chi connectivity index (χ2v) is 17.0. The maximum atomic E-state index is 15.0. The Bertz CT molecular complexity index is 4420. The average molecular weight is 931 g/mol. The van der Waals surface area contributed by atoms with Gasteiger partial charge >= 0.3 is 6.18 Å². The van der Waals surface area contributed by atoms with Crippen molar-refractivity contribution < 1.29 is 13.2 Å². The summed E-state index contributed by atoms with van der Waals surface area (Å²) in [6.07, 6.45) is -4.80. The van der Waals surface area contributed by atoms with Crippen molar-refractivity contribution in [2.45, 2.75) is 6.18 Å². The number of fused-ring (bicyclic) bond motifs is 6. The number of para-hydroxylation sites is 2. The van der Waals surface area contributed by atoms with Crippen molar-refractivity contribution >= 4 is 55.0 Å². The zero-order chi connectivity index (χ0) is 49.8. The largest absolute Gasteiger partial charge is 0.417 e. The number of halogens is 3. The molecule has 0 saturated carbocycles. The van der Waals surface area contributed by atoms with Gasteiger partial charge in [0.2, 0.25) is 0 Å². The minimum atomic E-state index is -4.80. The van der Waals surface area contributed by atoms with Crippen LogP contribution < -0.4 is 0 Å². The Kier molecular flexibility index (Phi) is 10.4.